The van der Waals surface area contributed by atoms with E-state index in [4.69, 9.17) is 18.9 Å². The van der Waals surface area contributed by atoms with Crippen LogP contribution in [0.1, 0.15) is 93.4 Å². The summed E-state index contributed by atoms with van der Waals surface area (Å²) in [6, 6.07) is 62.7. The van der Waals surface area contributed by atoms with Gasteiger partial charge in [-0.15, -0.1) is 0 Å². The van der Waals surface area contributed by atoms with E-state index in [1.54, 1.807) is 42.3 Å². The zero-order chi connectivity index (χ0) is 63.4. The molecular weight excluding hydrogens is 1060 g/mol. The Labute approximate surface area is 514 Å². The molecule has 10 aromatic carbocycles. The molecule has 11 aromatic rings. The molecule has 0 N–H and O–H groups in total. The zero-order valence-electron chi connectivity index (χ0n) is 55.2. The van der Waals surface area contributed by atoms with E-state index in [2.05, 4.69) is 220 Å². The highest BCUT2D eigenvalue weighted by molar-refractivity contribution is 5.95. The van der Waals surface area contributed by atoms with E-state index in [0.717, 1.165) is 56.6 Å². The van der Waals surface area contributed by atoms with Gasteiger partial charge in [0, 0.05) is 48.0 Å². The summed E-state index contributed by atoms with van der Waals surface area (Å²) in [5.74, 6) is 3.47. The van der Waals surface area contributed by atoms with Crippen LogP contribution in [0.15, 0.2) is 182 Å². The number of hydrogen-bond donors (Lipinski definition) is 0. The first-order chi connectivity index (χ1) is 40.7. The Hall–Kier alpha value is -8.68. The number of pyridine rings is 1. The van der Waals surface area contributed by atoms with Gasteiger partial charge < -0.3 is 23.8 Å². The van der Waals surface area contributed by atoms with Crippen molar-refractivity contribution in [3.8, 4) is 23.0 Å². The largest absolute Gasteiger partial charge is 0.497 e. The van der Waals surface area contributed by atoms with E-state index >= 15 is 0 Å². The molecule has 0 spiro atoms. The third-order valence-corrected chi connectivity index (χ3v) is 14.4. The van der Waals surface area contributed by atoms with Crippen molar-refractivity contribution >= 4 is 48.8 Å². The Kier molecular flexibility index (Phi) is 25.3. The fraction of sp³-hybridized carbons (Fsp3) is 0.278. The molecule has 11 rings (SSSR count). The van der Waals surface area contributed by atoms with Crippen LogP contribution in [-0.2, 0) is 5.41 Å². The van der Waals surface area contributed by atoms with Gasteiger partial charge in [0.15, 0.2) is 0 Å². The number of rotatable bonds is 5. The number of hydrogen-bond acceptors (Lipinski definition) is 6. The Morgan fingerprint density at radius 3 is 1.27 bits per heavy atom. The maximum atomic E-state index is 12.9. The standard InChI is InChI=1S/C16H20.C13H15N.2C12H12O.C9H11F.C9H12O2.C8H11N/c1-11-9-12(2)13-7-6-8-15(14(13)10-11)16(3,4)5;1-10-8-11-6-4-5-7-12(11)13(9-10)14(2)3;1-9-7-11(13-2)8-10-5-3-4-6-12(9)10;1-9-7-10-5-3-4-6-11(10)12(8-9)13-2;1-6-4-7(2)9(10)8(3)5-6;1-7-4-8(10-2)6-9(5-7)11-3;1-6-4-7(2)9-8(3)5-6/h6-10H,1-5H3;4-9H,1-3H3;2*3-8H,1-2H3;4-5H,1-3H3;4-6H,1-3H3;4-5H,1-3H3. The maximum absolute atomic E-state index is 12.9. The molecule has 0 unspecified atom stereocenters. The molecule has 0 amide bonds. The summed E-state index contributed by atoms with van der Waals surface area (Å²) in [5.41, 5.74) is 16.7. The summed E-state index contributed by atoms with van der Waals surface area (Å²) in [7, 11) is 10.9. The van der Waals surface area contributed by atoms with Crippen molar-refractivity contribution in [2.45, 2.75) is 109 Å². The predicted octanol–water partition coefficient (Wildman–Crippen LogP) is 21.1. The molecule has 0 fully saturated rings. The van der Waals surface area contributed by atoms with Crippen molar-refractivity contribution in [3.05, 3.63) is 260 Å². The molecule has 0 saturated heterocycles. The number of nitrogens with zero attached hydrogens (tertiary/aromatic N) is 2. The van der Waals surface area contributed by atoms with Gasteiger partial charge in [0.05, 0.1) is 28.4 Å². The lowest BCUT2D eigenvalue weighted by atomic mass is 9.83. The first-order valence-electron chi connectivity index (χ1n) is 29.3. The van der Waals surface area contributed by atoms with Gasteiger partial charge >= 0.3 is 0 Å². The first kappa shape index (κ1) is 68.1. The molecule has 0 aliphatic rings. The minimum Gasteiger partial charge on any atom is -0.497 e. The van der Waals surface area contributed by atoms with E-state index < -0.39 is 0 Å². The summed E-state index contributed by atoms with van der Waals surface area (Å²) in [6.07, 6.45) is 0. The zero-order valence-corrected chi connectivity index (χ0v) is 55.2. The third kappa shape index (κ3) is 20.0. The molecule has 0 bridgehead atoms. The lowest BCUT2D eigenvalue weighted by molar-refractivity contribution is 0.394. The van der Waals surface area contributed by atoms with Crippen molar-refractivity contribution in [3.63, 3.8) is 0 Å². The Morgan fingerprint density at radius 2 is 0.756 bits per heavy atom. The highest BCUT2D eigenvalue weighted by Crippen LogP contribution is 2.33. The van der Waals surface area contributed by atoms with Crippen molar-refractivity contribution in [2.75, 3.05) is 47.4 Å². The molecule has 7 heteroatoms. The number of aryl methyl sites for hydroxylation is 12. The summed E-state index contributed by atoms with van der Waals surface area (Å²) in [6.45, 7) is 31.2. The number of ether oxygens (including phenoxy) is 4. The summed E-state index contributed by atoms with van der Waals surface area (Å²) < 4.78 is 33.5. The van der Waals surface area contributed by atoms with Crippen LogP contribution < -0.4 is 23.8 Å². The molecule has 0 saturated carbocycles. The van der Waals surface area contributed by atoms with E-state index in [-0.39, 0.29) is 11.2 Å². The minimum absolute atomic E-state index is 0.0781. The van der Waals surface area contributed by atoms with Crippen molar-refractivity contribution in [1.82, 2.24) is 4.98 Å². The van der Waals surface area contributed by atoms with Crippen molar-refractivity contribution < 1.29 is 23.3 Å². The second-order valence-electron chi connectivity index (χ2n) is 23.5. The fourth-order valence-corrected chi connectivity index (χ4v) is 10.5. The third-order valence-electron chi connectivity index (χ3n) is 14.4. The van der Waals surface area contributed by atoms with Gasteiger partial charge in [-0.1, -0.05) is 159 Å². The average Bonchev–Trinajstić information content (AvgIpc) is 1.94. The van der Waals surface area contributed by atoms with Crippen LogP contribution in [-0.4, -0.2) is 47.5 Å². The smallest absolute Gasteiger partial charge is 0.129 e. The van der Waals surface area contributed by atoms with Gasteiger partial charge in [-0.25, -0.2) is 4.39 Å². The lowest BCUT2D eigenvalue weighted by Gasteiger charge is -2.22. The van der Waals surface area contributed by atoms with Crippen LogP contribution in [0.2, 0.25) is 0 Å². The van der Waals surface area contributed by atoms with E-state index in [0.29, 0.717) is 0 Å². The number of benzene rings is 10. The first-order valence-corrected chi connectivity index (χ1v) is 29.3. The Bertz CT molecular complexity index is 3900. The molecule has 0 aliphatic heterocycles. The number of halogens is 1. The molecular formula is C79H93FN2O4. The molecule has 6 nitrogen and oxygen atoms in total. The van der Waals surface area contributed by atoms with Crippen molar-refractivity contribution in [2.24, 2.45) is 0 Å². The van der Waals surface area contributed by atoms with E-state index in [1.165, 1.54) is 87.7 Å². The second-order valence-corrected chi connectivity index (χ2v) is 23.5. The molecule has 450 valence electrons. The van der Waals surface area contributed by atoms with Gasteiger partial charge in [0.2, 0.25) is 0 Å². The Balaban J connectivity index is 0.000000184. The molecule has 1 aromatic heterocycles. The summed E-state index contributed by atoms with van der Waals surface area (Å²) in [5, 5.41) is 10.4. The van der Waals surface area contributed by atoms with Gasteiger partial charge in [-0.3, -0.25) is 4.98 Å². The van der Waals surface area contributed by atoms with Crippen LogP contribution in [0.5, 0.6) is 23.0 Å². The monoisotopic (exact) mass is 1150 g/mol. The normalized spacial score (nSPS) is 10.4. The lowest BCUT2D eigenvalue weighted by Crippen LogP contribution is -2.11. The molecule has 1 heterocycles. The molecule has 86 heavy (non-hydrogen) atoms. The van der Waals surface area contributed by atoms with Gasteiger partial charge in [0.25, 0.3) is 0 Å². The van der Waals surface area contributed by atoms with Crippen LogP contribution in [0.25, 0.3) is 43.1 Å². The molecule has 0 radical (unpaired) electrons. The quantitative estimate of drug-likeness (QED) is 0.171. The van der Waals surface area contributed by atoms with Gasteiger partial charge in [-0.2, -0.15) is 0 Å². The Morgan fingerprint density at radius 1 is 0.349 bits per heavy atom. The van der Waals surface area contributed by atoms with Crippen molar-refractivity contribution in [1.29, 1.82) is 0 Å². The molecule has 0 atom stereocenters. The highest BCUT2D eigenvalue weighted by atomic mass is 19.1. The van der Waals surface area contributed by atoms with Crippen LogP contribution in [0.4, 0.5) is 10.1 Å². The number of anilines is 1. The average molecular weight is 1150 g/mol. The van der Waals surface area contributed by atoms with Crippen LogP contribution in [0.3, 0.4) is 0 Å². The van der Waals surface area contributed by atoms with Crippen LogP contribution >= 0.6 is 0 Å². The number of methoxy groups -OCH3 is 4. The van der Waals surface area contributed by atoms with Crippen LogP contribution in [0, 0.1) is 88.9 Å². The SMILES string of the molecule is COc1cc(C)c2ccccc2c1.COc1cc(C)cc(OC)c1.COc1cc(C)cc2ccccc12.Cc1cc(C)c(F)c(C)c1.Cc1cc(C)c2cccc(C(C)(C)C)c2c1.Cc1cc(C)nc(C)c1.Cc1cc(N(C)C)c2ccccc2c1. The van der Waals surface area contributed by atoms with E-state index in [1.807, 2.05) is 76.2 Å². The second kappa shape index (κ2) is 32.0. The number of aromatic nitrogens is 1. The topological polar surface area (TPSA) is 53.1 Å². The van der Waals surface area contributed by atoms with Gasteiger partial charge in [0.1, 0.15) is 28.8 Å². The maximum Gasteiger partial charge on any atom is 0.129 e. The summed E-state index contributed by atoms with van der Waals surface area (Å²) in [4.78, 5) is 6.40. The summed E-state index contributed by atoms with van der Waals surface area (Å²) >= 11 is 0. The minimum atomic E-state index is -0.0781. The molecule has 0 aliphatic carbocycles. The van der Waals surface area contributed by atoms with E-state index in [9.17, 15) is 4.39 Å². The predicted molar refractivity (Wildman–Crippen MR) is 369 cm³/mol. The number of fused-ring (bicyclic) bond motifs is 4. The highest BCUT2D eigenvalue weighted by Gasteiger charge is 2.17. The van der Waals surface area contributed by atoms with Gasteiger partial charge in [-0.05, 0) is 219 Å². The fourth-order valence-electron chi connectivity index (χ4n) is 10.5.